The summed E-state index contributed by atoms with van der Waals surface area (Å²) in [5, 5.41) is 8.27. The number of rotatable bonds is 5. The first-order valence-corrected chi connectivity index (χ1v) is 15.3. The highest BCUT2D eigenvalue weighted by Crippen LogP contribution is 2.40. The zero-order valence-electron chi connectivity index (χ0n) is 25.8. The molecule has 3 amide bonds. The van der Waals surface area contributed by atoms with Gasteiger partial charge < -0.3 is 19.3 Å². The second kappa shape index (κ2) is 11.3. The van der Waals surface area contributed by atoms with Crippen molar-refractivity contribution in [2.45, 2.75) is 64.0 Å². The van der Waals surface area contributed by atoms with E-state index in [1.807, 2.05) is 45.0 Å². The van der Waals surface area contributed by atoms with Gasteiger partial charge in [-0.3, -0.25) is 19.3 Å². The Kier molecular flexibility index (Phi) is 7.59. The highest BCUT2D eigenvalue weighted by atomic mass is 16.6. The number of ether oxygens (including phenoxy) is 2. The first-order valence-electron chi connectivity index (χ1n) is 15.3. The number of hydrogen-bond donors (Lipinski definition) is 1. The smallest absolute Gasteiger partial charge is 0.410 e. The van der Waals surface area contributed by atoms with Crippen LogP contribution >= 0.6 is 0 Å². The minimum absolute atomic E-state index is 0.0870. The molecular formula is C33H39N5O6. The molecule has 6 rings (SSSR count). The monoisotopic (exact) mass is 601 g/mol. The molecule has 2 aromatic carbocycles. The van der Waals surface area contributed by atoms with Crippen LogP contribution in [0.4, 0.5) is 4.79 Å². The van der Waals surface area contributed by atoms with Gasteiger partial charge in [0.2, 0.25) is 5.91 Å². The number of nitrogens with one attached hydrogen (secondary N) is 1. The number of carbonyl (C=O) groups excluding carboxylic acids is 3. The molecule has 3 aromatic rings. The number of likely N-dealkylation sites (N-methyl/N-ethyl adjacent to an activating group) is 1. The van der Waals surface area contributed by atoms with Crippen molar-refractivity contribution in [2.75, 3.05) is 39.8 Å². The predicted molar refractivity (Wildman–Crippen MR) is 164 cm³/mol. The minimum Gasteiger partial charge on any atom is -0.492 e. The summed E-state index contributed by atoms with van der Waals surface area (Å²) in [6, 6.07) is 11.3. The van der Waals surface area contributed by atoms with Crippen LogP contribution in [-0.2, 0) is 22.4 Å². The summed E-state index contributed by atoms with van der Waals surface area (Å²) in [4.78, 5) is 57.8. The van der Waals surface area contributed by atoms with Gasteiger partial charge in [-0.15, -0.1) is 0 Å². The Balaban J connectivity index is 1.17. The lowest BCUT2D eigenvalue weighted by Gasteiger charge is -2.50. The molecule has 3 heterocycles. The van der Waals surface area contributed by atoms with Crippen molar-refractivity contribution < 1.29 is 23.9 Å². The number of benzene rings is 2. The second-order valence-electron chi connectivity index (χ2n) is 13.0. The molecule has 3 aliphatic rings. The molecule has 1 aromatic heterocycles. The number of hydrogen-bond acceptors (Lipinski definition) is 7. The molecule has 0 spiro atoms. The van der Waals surface area contributed by atoms with Crippen LogP contribution in [0.5, 0.6) is 5.75 Å². The van der Waals surface area contributed by atoms with Gasteiger partial charge in [0, 0.05) is 51.5 Å². The van der Waals surface area contributed by atoms with Gasteiger partial charge in [-0.1, -0.05) is 24.3 Å². The number of nitrogens with zero attached hydrogens (tertiary/aromatic N) is 4. The van der Waals surface area contributed by atoms with E-state index in [1.54, 1.807) is 22.9 Å². The van der Waals surface area contributed by atoms with Crippen molar-refractivity contribution in [3.8, 4) is 5.75 Å². The molecular weight excluding hydrogens is 562 g/mol. The van der Waals surface area contributed by atoms with Crippen molar-refractivity contribution in [2.24, 2.45) is 0 Å². The van der Waals surface area contributed by atoms with Crippen molar-refractivity contribution in [1.29, 1.82) is 0 Å². The fourth-order valence-electron chi connectivity index (χ4n) is 6.42. The first kappa shape index (κ1) is 29.7. The largest absolute Gasteiger partial charge is 0.492 e. The average Bonchev–Trinajstić information content (AvgIpc) is 3.45. The number of carbonyl (C=O) groups is 3. The van der Waals surface area contributed by atoms with Crippen molar-refractivity contribution >= 4 is 28.7 Å². The molecule has 0 atom stereocenters. The molecule has 0 unspecified atom stereocenters. The van der Waals surface area contributed by atoms with Crippen LogP contribution < -0.4 is 10.3 Å². The summed E-state index contributed by atoms with van der Waals surface area (Å²) in [5.41, 5.74) is 1.32. The maximum Gasteiger partial charge on any atom is 0.410 e. The quantitative estimate of drug-likeness (QED) is 0.475. The minimum atomic E-state index is -0.905. The van der Waals surface area contributed by atoms with Crippen LogP contribution in [0.2, 0.25) is 0 Å². The topological polar surface area (TPSA) is 125 Å². The van der Waals surface area contributed by atoms with E-state index < -0.39 is 17.2 Å². The fraction of sp³-hybridized carbons (Fsp3) is 0.485. The molecule has 2 aliphatic heterocycles. The Hall–Kier alpha value is -4.41. The van der Waals surface area contributed by atoms with Crippen molar-refractivity contribution in [3.63, 3.8) is 0 Å². The van der Waals surface area contributed by atoms with E-state index in [4.69, 9.17) is 9.47 Å². The predicted octanol–water partition coefficient (Wildman–Crippen LogP) is 3.52. The summed E-state index contributed by atoms with van der Waals surface area (Å²) in [5.74, 6) is 0.389. The van der Waals surface area contributed by atoms with Crippen LogP contribution in [0.3, 0.4) is 0 Å². The lowest BCUT2D eigenvalue weighted by atomic mass is 9.74. The Morgan fingerprint density at radius 3 is 2.39 bits per heavy atom. The van der Waals surface area contributed by atoms with Crippen LogP contribution in [0.1, 0.15) is 67.2 Å². The molecule has 1 N–H and O–H groups in total. The van der Waals surface area contributed by atoms with Gasteiger partial charge in [-0.25, -0.2) is 9.89 Å². The van der Waals surface area contributed by atoms with Crippen LogP contribution in [0, 0.1) is 0 Å². The summed E-state index contributed by atoms with van der Waals surface area (Å²) >= 11 is 0. The number of amides is 3. The Bertz CT molecular complexity index is 1680. The molecule has 11 heteroatoms. The third-order valence-corrected chi connectivity index (χ3v) is 8.96. The summed E-state index contributed by atoms with van der Waals surface area (Å²) in [6.45, 7) is 7.45. The van der Waals surface area contributed by atoms with Gasteiger partial charge in [0.1, 0.15) is 16.9 Å². The molecule has 44 heavy (non-hydrogen) atoms. The highest BCUT2D eigenvalue weighted by Gasteiger charge is 2.52. The van der Waals surface area contributed by atoms with Gasteiger partial charge in [-0.2, -0.15) is 5.10 Å². The molecule has 2 fully saturated rings. The van der Waals surface area contributed by atoms with E-state index in [2.05, 4.69) is 16.3 Å². The van der Waals surface area contributed by atoms with Gasteiger partial charge in [0.05, 0.1) is 23.3 Å². The highest BCUT2D eigenvalue weighted by molar-refractivity contribution is 5.98. The second-order valence-corrected chi connectivity index (χ2v) is 13.0. The summed E-state index contributed by atoms with van der Waals surface area (Å²) < 4.78 is 11.5. The number of piperazine rings is 1. The van der Waals surface area contributed by atoms with Gasteiger partial charge in [0.15, 0.2) is 0 Å². The summed E-state index contributed by atoms with van der Waals surface area (Å²) in [7, 11) is 1.64. The van der Waals surface area contributed by atoms with Crippen LogP contribution in [-0.4, -0.2) is 93.8 Å². The molecule has 11 nitrogen and oxygen atoms in total. The lowest BCUT2D eigenvalue weighted by molar-refractivity contribution is -0.151. The third-order valence-electron chi connectivity index (χ3n) is 8.96. The maximum atomic E-state index is 13.9. The normalized spacial score (nSPS) is 17.5. The van der Waals surface area contributed by atoms with Crippen LogP contribution in [0.15, 0.2) is 41.2 Å². The SMILES string of the molecule is CN(C(=O)OC(C)(C)C)C1(C(=O)N2CCN(C(=O)c3cc(Cc4n[nH]c(=O)c5ccccc45)cc4c3OCC4)CC2)CCC1. The lowest BCUT2D eigenvalue weighted by Crippen LogP contribution is -2.66. The Labute approximate surface area is 256 Å². The van der Waals surface area contributed by atoms with Gasteiger partial charge >= 0.3 is 6.09 Å². The maximum absolute atomic E-state index is 13.9. The van der Waals surface area contributed by atoms with Crippen LogP contribution in [0.25, 0.3) is 10.8 Å². The molecule has 1 saturated carbocycles. The standard InChI is InChI=1S/C33H39N5O6/c1-32(2,3)44-31(42)36(4)33(11-7-12-33)30(41)38-15-13-37(14-16-38)29(40)25-19-21(18-22-10-17-43-27(22)25)20-26-23-8-5-6-9-24(23)28(39)35-34-26/h5-6,8-9,18-19H,7,10-17,20H2,1-4H3,(H,35,39). The molecule has 0 radical (unpaired) electrons. The Morgan fingerprint density at radius 1 is 1.05 bits per heavy atom. The van der Waals surface area contributed by atoms with E-state index in [1.165, 1.54) is 4.90 Å². The molecule has 1 saturated heterocycles. The van der Waals surface area contributed by atoms with E-state index in [-0.39, 0.29) is 17.4 Å². The first-order chi connectivity index (χ1) is 21.0. The molecule has 232 valence electrons. The average molecular weight is 602 g/mol. The van der Waals surface area contributed by atoms with E-state index in [0.717, 1.165) is 28.6 Å². The van der Waals surface area contributed by atoms with E-state index in [0.29, 0.717) is 75.2 Å². The van der Waals surface area contributed by atoms with Gasteiger partial charge in [0.25, 0.3) is 11.5 Å². The summed E-state index contributed by atoms with van der Waals surface area (Å²) in [6.07, 6.45) is 2.70. The molecule has 0 bridgehead atoms. The third kappa shape index (κ3) is 5.39. The number of aromatic amines is 1. The fourth-order valence-corrected chi connectivity index (χ4v) is 6.42. The number of H-pyrrole nitrogens is 1. The van der Waals surface area contributed by atoms with Gasteiger partial charge in [-0.05, 0) is 63.3 Å². The molecule has 1 aliphatic carbocycles. The van der Waals surface area contributed by atoms with Crippen molar-refractivity contribution in [3.05, 3.63) is 69.1 Å². The number of fused-ring (bicyclic) bond motifs is 2. The zero-order valence-corrected chi connectivity index (χ0v) is 25.8. The zero-order chi connectivity index (χ0) is 31.2. The van der Waals surface area contributed by atoms with E-state index >= 15 is 0 Å². The van der Waals surface area contributed by atoms with E-state index in [9.17, 15) is 19.2 Å². The van der Waals surface area contributed by atoms with Crippen molar-refractivity contribution in [1.82, 2.24) is 24.9 Å². The number of aromatic nitrogens is 2. The Morgan fingerprint density at radius 2 is 1.73 bits per heavy atom.